The predicted octanol–water partition coefficient (Wildman–Crippen LogP) is 2.17. The fraction of sp³-hybridized carbons (Fsp3) is 0.889. The van der Waals surface area contributed by atoms with Gasteiger partial charge in [-0.15, -0.1) is 11.6 Å². The summed E-state index contributed by atoms with van der Waals surface area (Å²) in [4.78, 5) is 11.2. The van der Waals surface area contributed by atoms with E-state index in [9.17, 15) is 4.79 Å². The summed E-state index contributed by atoms with van der Waals surface area (Å²) in [7, 11) is 0. The van der Waals surface area contributed by atoms with E-state index in [0.29, 0.717) is 18.2 Å². The number of hydrogen-bond acceptors (Lipinski definition) is 1. The quantitative estimate of drug-likeness (QED) is 0.664. The second-order valence-electron chi connectivity index (χ2n) is 3.54. The molecule has 2 nitrogen and oxygen atoms in total. The van der Waals surface area contributed by atoms with Gasteiger partial charge in [-0.25, -0.2) is 0 Å². The molecular formula is C9H18ClNO. The minimum atomic E-state index is 0.127. The number of nitrogens with one attached hydrogen (secondary N) is 1. The van der Waals surface area contributed by atoms with Crippen molar-refractivity contribution in [2.75, 3.05) is 5.88 Å². The van der Waals surface area contributed by atoms with Crippen molar-refractivity contribution < 1.29 is 4.79 Å². The number of rotatable bonds is 5. The van der Waals surface area contributed by atoms with Crippen molar-refractivity contribution in [2.24, 2.45) is 5.92 Å². The second kappa shape index (κ2) is 6.30. The van der Waals surface area contributed by atoms with Gasteiger partial charge < -0.3 is 5.32 Å². The van der Waals surface area contributed by atoms with Gasteiger partial charge in [-0.3, -0.25) is 4.79 Å². The molecule has 0 aliphatic rings. The second-order valence-corrected chi connectivity index (χ2v) is 3.92. The molecule has 0 aliphatic carbocycles. The van der Waals surface area contributed by atoms with Gasteiger partial charge >= 0.3 is 0 Å². The van der Waals surface area contributed by atoms with E-state index >= 15 is 0 Å². The molecule has 1 atom stereocenters. The Kier molecular flexibility index (Phi) is 6.17. The Hall–Kier alpha value is -0.240. The summed E-state index contributed by atoms with van der Waals surface area (Å²) in [5, 5.41) is 2.89. The molecule has 0 aromatic rings. The Bertz CT molecular complexity index is 136. The topological polar surface area (TPSA) is 29.1 Å². The molecule has 0 spiro atoms. The average molecular weight is 192 g/mol. The SMILES string of the molecule is CC(C)CC(=O)NC(C)CCCl. The van der Waals surface area contributed by atoms with Gasteiger partial charge in [0.2, 0.25) is 5.91 Å². The molecule has 0 aromatic carbocycles. The van der Waals surface area contributed by atoms with Crippen LogP contribution in [0.1, 0.15) is 33.6 Å². The summed E-state index contributed by atoms with van der Waals surface area (Å²) in [5.41, 5.74) is 0. The van der Waals surface area contributed by atoms with E-state index in [0.717, 1.165) is 6.42 Å². The third kappa shape index (κ3) is 6.47. The fourth-order valence-electron chi connectivity index (χ4n) is 0.940. The summed E-state index contributed by atoms with van der Waals surface area (Å²) in [5.74, 6) is 1.15. The number of alkyl halides is 1. The molecule has 0 saturated heterocycles. The van der Waals surface area contributed by atoms with Gasteiger partial charge in [0.05, 0.1) is 0 Å². The Morgan fingerprint density at radius 3 is 2.42 bits per heavy atom. The zero-order valence-corrected chi connectivity index (χ0v) is 8.82. The van der Waals surface area contributed by atoms with Crippen molar-refractivity contribution in [3.63, 3.8) is 0 Å². The standard InChI is InChI=1S/C9H18ClNO/c1-7(2)6-9(12)11-8(3)4-5-10/h7-8H,4-6H2,1-3H3,(H,11,12). The lowest BCUT2D eigenvalue weighted by Crippen LogP contribution is -2.33. The smallest absolute Gasteiger partial charge is 0.220 e. The summed E-state index contributed by atoms with van der Waals surface area (Å²) in [6.07, 6.45) is 1.44. The predicted molar refractivity (Wildman–Crippen MR) is 52.4 cm³/mol. The maximum atomic E-state index is 11.2. The van der Waals surface area contributed by atoms with Crippen molar-refractivity contribution in [1.29, 1.82) is 0 Å². The van der Waals surface area contributed by atoms with E-state index < -0.39 is 0 Å². The van der Waals surface area contributed by atoms with E-state index in [-0.39, 0.29) is 11.9 Å². The Morgan fingerprint density at radius 1 is 1.42 bits per heavy atom. The van der Waals surface area contributed by atoms with Gasteiger partial charge in [-0.1, -0.05) is 13.8 Å². The van der Waals surface area contributed by atoms with Gasteiger partial charge in [0.1, 0.15) is 0 Å². The van der Waals surface area contributed by atoms with Gasteiger partial charge in [0, 0.05) is 18.3 Å². The van der Waals surface area contributed by atoms with E-state index in [4.69, 9.17) is 11.6 Å². The largest absolute Gasteiger partial charge is 0.354 e. The molecule has 1 amide bonds. The molecule has 3 heteroatoms. The van der Waals surface area contributed by atoms with Crippen LogP contribution in [0.5, 0.6) is 0 Å². The van der Waals surface area contributed by atoms with Crippen molar-refractivity contribution >= 4 is 17.5 Å². The normalized spacial score (nSPS) is 13.1. The molecule has 1 N–H and O–H groups in total. The van der Waals surface area contributed by atoms with Crippen LogP contribution >= 0.6 is 11.6 Å². The van der Waals surface area contributed by atoms with Crippen LogP contribution in [0.15, 0.2) is 0 Å². The van der Waals surface area contributed by atoms with Crippen LogP contribution in [-0.2, 0) is 4.79 Å². The first-order chi connectivity index (χ1) is 5.56. The van der Waals surface area contributed by atoms with Crippen LogP contribution in [0.3, 0.4) is 0 Å². The Labute approximate surface area is 79.7 Å². The minimum Gasteiger partial charge on any atom is -0.354 e. The summed E-state index contributed by atoms with van der Waals surface area (Å²) in [6.45, 7) is 6.04. The van der Waals surface area contributed by atoms with Gasteiger partial charge in [0.25, 0.3) is 0 Å². The van der Waals surface area contributed by atoms with Crippen LogP contribution in [0.25, 0.3) is 0 Å². The zero-order valence-electron chi connectivity index (χ0n) is 8.06. The molecule has 0 saturated carbocycles. The van der Waals surface area contributed by atoms with E-state index in [1.807, 2.05) is 20.8 Å². The third-order valence-electron chi connectivity index (χ3n) is 1.54. The van der Waals surface area contributed by atoms with Crippen LogP contribution in [-0.4, -0.2) is 17.8 Å². The van der Waals surface area contributed by atoms with E-state index in [1.54, 1.807) is 0 Å². The Morgan fingerprint density at radius 2 is 2.00 bits per heavy atom. The molecule has 0 radical (unpaired) electrons. The molecule has 1 unspecified atom stereocenters. The van der Waals surface area contributed by atoms with Crippen molar-refractivity contribution in [2.45, 2.75) is 39.7 Å². The highest BCUT2D eigenvalue weighted by molar-refractivity contribution is 6.17. The molecule has 0 bridgehead atoms. The number of halogens is 1. The highest BCUT2D eigenvalue weighted by Gasteiger charge is 2.07. The van der Waals surface area contributed by atoms with Gasteiger partial charge in [-0.05, 0) is 19.3 Å². The van der Waals surface area contributed by atoms with Crippen LogP contribution in [0.4, 0.5) is 0 Å². The monoisotopic (exact) mass is 191 g/mol. The van der Waals surface area contributed by atoms with Gasteiger partial charge in [-0.2, -0.15) is 0 Å². The third-order valence-corrected chi connectivity index (χ3v) is 1.76. The van der Waals surface area contributed by atoms with Crippen molar-refractivity contribution in [1.82, 2.24) is 5.32 Å². The lowest BCUT2D eigenvalue weighted by molar-refractivity contribution is -0.122. The molecule has 0 fully saturated rings. The first kappa shape index (κ1) is 11.8. The highest BCUT2D eigenvalue weighted by Crippen LogP contribution is 2.00. The summed E-state index contributed by atoms with van der Waals surface area (Å²) < 4.78 is 0. The summed E-state index contributed by atoms with van der Waals surface area (Å²) in [6, 6.07) is 0.203. The number of carbonyl (C=O) groups is 1. The molecule has 12 heavy (non-hydrogen) atoms. The maximum absolute atomic E-state index is 11.2. The zero-order chi connectivity index (χ0) is 9.56. The van der Waals surface area contributed by atoms with Crippen molar-refractivity contribution in [3.05, 3.63) is 0 Å². The van der Waals surface area contributed by atoms with Crippen LogP contribution < -0.4 is 5.32 Å². The molecule has 0 heterocycles. The van der Waals surface area contributed by atoms with E-state index in [2.05, 4.69) is 5.32 Å². The highest BCUT2D eigenvalue weighted by atomic mass is 35.5. The first-order valence-corrected chi connectivity index (χ1v) is 4.95. The van der Waals surface area contributed by atoms with Crippen molar-refractivity contribution in [3.8, 4) is 0 Å². The molecule has 72 valence electrons. The van der Waals surface area contributed by atoms with Gasteiger partial charge in [0.15, 0.2) is 0 Å². The molecule has 0 rings (SSSR count). The fourth-order valence-corrected chi connectivity index (χ4v) is 1.27. The number of hydrogen-bond donors (Lipinski definition) is 1. The lowest BCUT2D eigenvalue weighted by atomic mass is 10.1. The minimum absolute atomic E-state index is 0.127. The lowest BCUT2D eigenvalue weighted by Gasteiger charge is -2.12. The number of amides is 1. The van der Waals surface area contributed by atoms with Crippen LogP contribution in [0, 0.1) is 5.92 Å². The number of carbonyl (C=O) groups excluding carboxylic acids is 1. The molecular weight excluding hydrogens is 174 g/mol. The maximum Gasteiger partial charge on any atom is 0.220 e. The first-order valence-electron chi connectivity index (χ1n) is 4.41. The molecule has 0 aliphatic heterocycles. The van der Waals surface area contributed by atoms with E-state index in [1.165, 1.54) is 0 Å². The molecule has 0 aromatic heterocycles. The Balaban J connectivity index is 3.54. The summed E-state index contributed by atoms with van der Waals surface area (Å²) >= 11 is 5.53. The average Bonchev–Trinajstić information content (AvgIpc) is 1.84. The van der Waals surface area contributed by atoms with Crippen LogP contribution in [0.2, 0.25) is 0 Å².